The highest BCUT2D eigenvalue weighted by molar-refractivity contribution is 9.08. The summed E-state index contributed by atoms with van der Waals surface area (Å²) in [5.74, 6) is -0.0940. The number of nitrogens with zero attached hydrogens (tertiary/aromatic N) is 1. The Bertz CT molecular complexity index is 394. The molecular formula is C15H21BrFN. The molecule has 1 aromatic carbocycles. The maximum absolute atomic E-state index is 13.9. The molecule has 0 spiro atoms. The van der Waals surface area contributed by atoms with Crippen molar-refractivity contribution < 1.29 is 4.39 Å². The van der Waals surface area contributed by atoms with Crippen molar-refractivity contribution in [1.82, 2.24) is 0 Å². The Morgan fingerprint density at radius 1 is 1.33 bits per heavy atom. The zero-order valence-electron chi connectivity index (χ0n) is 11.0. The number of halogens is 2. The molecule has 100 valence electrons. The lowest BCUT2D eigenvalue weighted by molar-refractivity contribution is 0.551. The van der Waals surface area contributed by atoms with E-state index in [1.165, 1.54) is 25.7 Å². The topological polar surface area (TPSA) is 3.24 Å². The summed E-state index contributed by atoms with van der Waals surface area (Å²) < 4.78 is 13.9. The van der Waals surface area contributed by atoms with E-state index in [9.17, 15) is 4.39 Å². The highest BCUT2D eigenvalue weighted by Crippen LogP contribution is 2.31. The summed E-state index contributed by atoms with van der Waals surface area (Å²) in [4.78, 5) is 2.42. The third-order valence-electron chi connectivity index (χ3n) is 3.89. The summed E-state index contributed by atoms with van der Waals surface area (Å²) >= 11 is 3.42. The Balaban J connectivity index is 2.35. The molecular weight excluding hydrogens is 293 g/mol. The van der Waals surface area contributed by atoms with E-state index in [0.717, 1.165) is 24.2 Å². The van der Waals surface area contributed by atoms with Gasteiger partial charge < -0.3 is 4.90 Å². The molecule has 18 heavy (non-hydrogen) atoms. The monoisotopic (exact) mass is 313 g/mol. The van der Waals surface area contributed by atoms with Gasteiger partial charge in [-0.25, -0.2) is 4.39 Å². The SMILES string of the molecule is CCC1CCCCCN1c1cccc(F)c1CBr. The van der Waals surface area contributed by atoms with Crippen molar-refractivity contribution in [1.29, 1.82) is 0 Å². The Hall–Kier alpha value is -0.570. The third-order valence-corrected chi connectivity index (χ3v) is 4.45. The predicted molar refractivity (Wildman–Crippen MR) is 78.9 cm³/mol. The van der Waals surface area contributed by atoms with E-state index in [1.54, 1.807) is 6.07 Å². The molecule has 1 fully saturated rings. The van der Waals surface area contributed by atoms with Gasteiger partial charge in [0.05, 0.1) is 0 Å². The van der Waals surface area contributed by atoms with Crippen LogP contribution in [0.2, 0.25) is 0 Å². The predicted octanol–water partition coefficient (Wildman–Crippen LogP) is 4.88. The van der Waals surface area contributed by atoms with Crippen LogP contribution < -0.4 is 4.90 Å². The number of anilines is 1. The molecule has 0 aliphatic carbocycles. The first-order valence-corrected chi connectivity index (χ1v) is 8.00. The lowest BCUT2D eigenvalue weighted by Crippen LogP contribution is -2.35. The second-order valence-electron chi connectivity index (χ2n) is 4.98. The zero-order chi connectivity index (χ0) is 13.0. The van der Waals surface area contributed by atoms with Crippen LogP contribution in [0.3, 0.4) is 0 Å². The maximum Gasteiger partial charge on any atom is 0.129 e. The second kappa shape index (κ2) is 6.55. The van der Waals surface area contributed by atoms with Gasteiger partial charge in [-0.05, 0) is 31.4 Å². The van der Waals surface area contributed by atoms with Gasteiger partial charge in [0.15, 0.2) is 0 Å². The van der Waals surface area contributed by atoms with Crippen molar-refractivity contribution in [3.8, 4) is 0 Å². The number of hydrogen-bond donors (Lipinski definition) is 0. The average molecular weight is 314 g/mol. The molecule has 1 aliphatic heterocycles. The molecule has 3 heteroatoms. The van der Waals surface area contributed by atoms with E-state index < -0.39 is 0 Å². The minimum atomic E-state index is -0.0940. The van der Waals surface area contributed by atoms with Gasteiger partial charge in [-0.1, -0.05) is 41.8 Å². The van der Waals surface area contributed by atoms with E-state index in [0.29, 0.717) is 11.4 Å². The van der Waals surface area contributed by atoms with Crippen molar-refractivity contribution in [2.75, 3.05) is 11.4 Å². The summed E-state index contributed by atoms with van der Waals surface area (Å²) in [6.45, 7) is 3.29. The number of rotatable bonds is 3. The fourth-order valence-electron chi connectivity index (χ4n) is 2.87. The fraction of sp³-hybridized carbons (Fsp3) is 0.600. The number of alkyl halides is 1. The largest absolute Gasteiger partial charge is 0.368 e. The Kier molecular flexibility index (Phi) is 5.04. The van der Waals surface area contributed by atoms with Crippen LogP contribution in [0.5, 0.6) is 0 Å². The van der Waals surface area contributed by atoms with Gasteiger partial charge in [-0.2, -0.15) is 0 Å². The molecule has 0 radical (unpaired) electrons. The minimum Gasteiger partial charge on any atom is -0.368 e. The highest BCUT2D eigenvalue weighted by Gasteiger charge is 2.22. The quantitative estimate of drug-likeness (QED) is 0.719. The minimum absolute atomic E-state index is 0.0940. The van der Waals surface area contributed by atoms with Gasteiger partial charge in [-0.15, -0.1) is 0 Å². The molecule has 0 saturated carbocycles. The van der Waals surface area contributed by atoms with Gasteiger partial charge in [-0.3, -0.25) is 0 Å². The highest BCUT2D eigenvalue weighted by atomic mass is 79.9. The molecule has 2 rings (SSSR count). The van der Waals surface area contributed by atoms with Gasteiger partial charge in [0.1, 0.15) is 5.82 Å². The van der Waals surface area contributed by atoms with Gasteiger partial charge in [0, 0.05) is 29.2 Å². The molecule has 1 atom stereocenters. The van der Waals surface area contributed by atoms with Crippen LogP contribution in [0.15, 0.2) is 18.2 Å². The molecule has 1 heterocycles. The van der Waals surface area contributed by atoms with Crippen molar-refractivity contribution in [3.63, 3.8) is 0 Å². The van der Waals surface area contributed by atoms with Crippen LogP contribution in [-0.4, -0.2) is 12.6 Å². The smallest absolute Gasteiger partial charge is 0.129 e. The van der Waals surface area contributed by atoms with Crippen LogP contribution in [-0.2, 0) is 5.33 Å². The van der Waals surface area contributed by atoms with Gasteiger partial charge >= 0.3 is 0 Å². The van der Waals surface area contributed by atoms with Crippen LogP contribution in [0, 0.1) is 5.82 Å². The van der Waals surface area contributed by atoms with Gasteiger partial charge in [0.2, 0.25) is 0 Å². The molecule has 1 aliphatic rings. The summed E-state index contributed by atoms with van der Waals surface area (Å²) in [6.07, 6.45) is 6.18. The van der Waals surface area contributed by atoms with Crippen LogP contribution in [0.25, 0.3) is 0 Å². The molecule has 1 saturated heterocycles. The zero-order valence-corrected chi connectivity index (χ0v) is 12.5. The van der Waals surface area contributed by atoms with Crippen LogP contribution >= 0.6 is 15.9 Å². The lowest BCUT2D eigenvalue weighted by atomic mass is 10.1. The Labute approximate surface area is 118 Å². The van der Waals surface area contributed by atoms with Crippen molar-refractivity contribution in [2.24, 2.45) is 0 Å². The first kappa shape index (κ1) is 13.9. The first-order valence-electron chi connectivity index (χ1n) is 6.88. The summed E-state index contributed by atoms with van der Waals surface area (Å²) in [6, 6.07) is 6.01. The Morgan fingerprint density at radius 2 is 2.17 bits per heavy atom. The molecule has 0 bridgehead atoms. The first-order chi connectivity index (χ1) is 8.77. The molecule has 1 nitrogen and oxygen atoms in total. The van der Waals surface area contributed by atoms with E-state index in [2.05, 4.69) is 33.8 Å². The summed E-state index contributed by atoms with van der Waals surface area (Å²) in [7, 11) is 0. The standard InChI is InChI=1S/C15H21BrFN/c1-2-12-7-4-3-5-10-18(12)15-9-6-8-14(17)13(15)11-16/h6,8-9,12H,2-5,7,10-11H2,1H3. The normalized spacial score (nSPS) is 20.8. The lowest BCUT2D eigenvalue weighted by Gasteiger charge is -2.33. The molecule has 1 unspecified atom stereocenters. The summed E-state index contributed by atoms with van der Waals surface area (Å²) in [5, 5.41) is 0.585. The van der Waals surface area contributed by atoms with E-state index in [-0.39, 0.29) is 5.82 Å². The molecule has 0 aromatic heterocycles. The molecule has 0 amide bonds. The molecule has 1 aromatic rings. The second-order valence-corrected chi connectivity index (χ2v) is 5.54. The van der Waals surface area contributed by atoms with E-state index in [1.807, 2.05) is 6.07 Å². The Morgan fingerprint density at radius 3 is 2.89 bits per heavy atom. The number of benzene rings is 1. The van der Waals surface area contributed by atoms with Crippen LogP contribution in [0.1, 0.15) is 44.6 Å². The third kappa shape index (κ3) is 2.87. The van der Waals surface area contributed by atoms with Crippen molar-refractivity contribution >= 4 is 21.6 Å². The fourth-order valence-corrected chi connectivity index (χ4v) is 3.42. The van der Waals surface area contributed by atoms with E-state index >= 15 is 0 Å². The maximum atomic E-state index is 13.9. The van der Waals surface area contributed by atoms with Crippen molar-refractivity contribution in [2.45, 2.75) is 50.4 Å². The average Bonchev–Trinajstić information content (AvgIpc) is 2.63. The van der Waals surface area contributed by atoms with Crippen molar-refractivity contribution in [3.05, 3.63) is 29.6 Å². The van der Waals surface area contributed by atoms with Crippen LogP contribution in [0.4, 0.5) is 10.1 Å². The van der Waals surface area contributed by atoms with Gasteiger partial charge in [0.25, 0.3) is 0 Å². The number of hydrogen-bond acceptors (Lipinski definition) is 1. The summed E-state index contributed by atoms with van der Waals surface area (Å²) in [5.41, 5.74) is 1.89. The van der Waals surface area contributed by atoms with E-state index in [4.69, 9.17) is 0 Å². The molecule has 0 N–H and O–H groups in total.